The summed E-state index contributed by atoms with van der Waals surface area (Å²) >= 11 is 12.1. The highest BCUT2D eigenvalue weighted by Gasteiger charge is 2.52. The number of hydrogen-bond donors (Lipinski definition) is 1. The van der Waals surface area contributed by atoms with Crippen molar-refractivity contribution in [2.24, 2.45) is 0 Å². The Labute approximate surface area is 100 Å². The lowest BCUT2D eigenvalue weighted by Crippen LogP contribution is -2.07. The summed E-state index contributed by atoms with van der Waals surface area (Å²) in [6.45, 7) is 1.79. The maximum Gasteiger partial charge on any atom is 0.125 e. The lowest BCUT2D eigenvalue weighted by molar-refractivity contribution is 0.195. The molecule has 82 valence electrons. The van der Waals surface area contributed by atoms with Crippen molar-refractivity contribution >= 4 is 23.2 Å². The first-order valence-corrected chi connectivity index (χ1v) is 5.90. The Bertz CT molecular complexity index is 360. The van der Waals surface area contributed by atoms with Crippen LogP contribution in [0.5, 0.6) is 0 Å². The SMILES string of the molecule is CC(O)Cc1ccccc1C1CC1(Cl)Cl. The van der Waals surface area contributed by atoms with E-state index in [0.717, 1.165) is 12.0 Å². The molecule has 1 nitrogen and oxygen atoms in total. The Morgan fingerprint density at radius 2 is 2.07 bits per heavy atom. The Morgan fingerprint density at radius 1 is 1.47 bits per heavy atom. The molecule has 0 spiro atoms. The van der Waals surface area contributed by atoms with Crippen LogP contribution < -0.4 is 0 Å². The number of rotatable bonds is 3. The molecular weight excluding hydrogens is 231 g/mol. The molecule has 2 atom stereocenters. The Morgan fingerprint density at radius 3 is 2.60 bits per heavy atom. The summed E-state index contributed by atoms with van der Waals surface area (Å²) in [5.41, 5.74) is 2.34. The molecule has 1 aliphatic carbocycles. The standard InChI is InChI=1S/C12H14Cl2O/c1-8(15)6-9-4-2-3-5-10(9)11-7-12(11,13)14/h2-5,8,11,15H,6-7H2,1H3. The molecule has 0 aliphatic heterocycles. The number of halogens is 2. The van der Waals surface area contributed by atoms with Gasteiger partial charge in [0, 0.05) is 5.92 Å². The predicted molar refractivity (Wildman–Crippen MR) is 63.6 cm³/mol. The Hall–Kier alpha value is -0.240. The second-order valence-electron chi connectivity index (χ2n) is 4.27. The van der Waals surface area contributed by atoms with E-state index in [9.17, 15) is 5.11 Å². The molecule has 1 saturated carbocycles. The third-order valence-corrected chi connectivity index (χ3v) is 3.61. The van der Waals surface area contributed by atoms with Gasteiger partial charge in [0.15, 0.2) is 0 Å². The quantitative estimate of drug-likeness (QED) is 0.810. The van der Waals surface area contributed by atoms with Crippen molar-refractivity contribution in [1.82, 2.24) is 0 Å². The molecule has 0 radical (unpaired) electrons. The van der Waals surface area contributed by atoms with E-state index in [-0.39, 0.29) is 12.0 Å². The summed E-state index contributed by atoms with van der Waals surface area (Å²) in [5.74, 6) is 0.232. The van der Waals surface area contributed by atoms with Crippen molar-refractivity contribution in [3.05, 3.63) is 35.4 Å². The third kappa shape index (κ3) is 2.47. The van der Waals surface area contributed by atoms with E-state index < -0.39 is 4.33 Å². The molecular formula is C12H14Cl2O. The van der Waals surface area contributed by atoms with Crippen LogP contribution in [0.3, 0.4) is 0 Å². The molecule has 2 rings (SSSR count). The minimum absolute atomic E-state index is 0.232. The van der Waals surface area contributed by atoms with Gasteiger partial charge in [-0.15, -0.1) is 23.2 Å². The summed E-state index contributed by atoms with van der Waals surface area (Å²) in [7, 11) is 0. The van der Waals surface area contributed by atoms with E-state index in [1.54, 1.807) is 6.92 Å². The monoisotopic (exact) mass is 244 g/mol. The molecule has 1 N–H and O–H groups in total. The zero-order valence-electron chi connectivity index (χ0n) is 8.58. The van der Waals surface area contributed by atoms with Crippen molar-refractivity contribution in [3.8, 4) is 0 Å². The topological polar surface area (TPSA) is 20.2 Å². The summed E-state index contributed by atoms with van der Waals surface area (Å²) in [4.78, 5) is 0. The molecule has 1 aromatic rings. The van der Waals surface area contributed by atoms with Gasteiger partial charge >= 0.3 is 0 Å². The van der Waals surface area contributed by atoms with Crippen LogP contribution in [0.25, 0.3) is 0 Å². The summed E-state index contributed by atoms with van der Waals surface area (Å²) in [6, 6.07) is 8.05. The van der Waals surface area contributed by atoms with Crippen molar-refractivity contribution in [1.29, 1.82) is 0 Å². The first-order valence-electron chi connectivity index (χ1n) is 5.14. The molecule has 0 heterocycles. The number of aliphatic hydroxyl groups is 1. The molecule has 1 fully saturated rings. The highest BCUT2D eigenvalue weighted by atomic mass is 35.5. The van der Waals surface area contributed by atoms with E-state index >= 15 is 0 Å². The minimum atomic E-state index is -0.588. The lowest BCUT2D eigenvalue weighted by Gasteiger charge is -2.11. The average Bonchev–Trinajstić information content (AvgIpc) is 2.75. The normalized spacial score (nSPS) is 24.9. The first-order chi connectivity index (χ1) is 7.00. The maximum atomic E-state index is 9.40. The van der Waals surface area contributed by atoms with Crippen molar-refractivity contribution in [2.75, 3.05) is 0 Å². The van der Waals surface area contributed by atoms with Gasteiger partial charge in [-0.05, 0) is 30.9 Å². The fourth-order valence-corrected chi connectivity index (χ4v) is 2.47. The molecule has 0 aromatic heterocycles. The van der Waals surface area contributed by atoms with E-state index in [4.69, 9.17) is 23.2 Å². The number of hydrogen-bond acceptors (Lipinski definition) is 1. The van der Waals surface area contributed by atoms with Crippen molar-refractivity contribution in [2.45, 2.75) is 36.1 Å². The molecule has 0 bridgehead atoms. The fourth-order valence-electron chi connectivity index (χ4n) is 1.93. The molecule has 0 amide bonds. The van der Waals surface area contributed by atoms with Gasteiger partial charge in [0.05, 0.1) is 6.10 Å². The number of alkyl halides is 2. The maximum absolute atomic E-state index is 9.40. The van der Waals surface area contributed by atoms with Gasteiger partial charge in [0.2, 0.25) is 0 Å². The van der Waals surface area contributed by atoms with Crippen LogP contribution in [-0.4, -0.2) is 15.5 Å². The Kier molecular flexibility index (Phi) is 2.98. The second-order valence-corrected chi connectivity index (χ2v) is 5.81. The fraction of sp³-hybridized carbons (Fsp3) is 0.500. The van der Waals surface area contributed by atoms with Gasteiger partial charge in [-0.1, -0.05) is 24.3 Å². The van der Waals surface area contributed by atoms with Crippen LogP contribution in [0.2, 0.25) is 0 Å². The summed E-state index contributed by atoms with van der Waals surface area (Å²) in [5, 5.41) is 9.40. The zero-order valence-corrected chi connectivity index (χ0v) is 10.1. The smallest absolute Gasteiger partial charge is 0.125 e. The molecule has 15 heavy (non-hydrogen) atoms. The lowest BCUT2D eigenvalue weighted by atomic mass is 9.99. The molecule has 1 aliphatic rings. The average molecular weight is 245 g/mol. The van der Waals surface area contributed by atoms with Crippen molar-refractivity contribution in [3.63, 3.8) is 0 Å². The van der Waals surface area contributed by atoms with Gasteiger partial charge < -0.3 is 5.11 Å². The molecule has 1 aromatic carbocycles. The van der Waals surface area contributed by atoms with Crippen LogP contribution in [0.4, 0.5) is 0 Å². The van der Waals surface area contributed by atoms with E-state index in [2.05, 4.69) is 6.07 Å². The minimum Gasteiger partial charge on any atom is -0.393 e. The van der Waals surface area contributed by atoms with Crippen LogP contribution in [0.1, 0.15) is 30.4 Å². The van der Waals surface area contributed by atoms with Gasteiger partial charge in [-0.2, -0.15) is 0 Å². The van der Waals surface area contributed by atoms with Crippen LogP contribution in [-0.2, 0) is 6.42 Å². The molecule has 2 unspecified atom stereocenters. The van der Waals surface area contributed by atoms with E-state index in [1.165, 1.54) is 5.56 Å². The van der Waals surface area contributed by atoms with E-state index in [1.807, 2.05) is 18.2 Å². The van der Waals surface area contributed by atoms with Crippen LogP contribution in [0.15, 0.2) is 24.3 Å². The highest BCUT2D eigenvalue weighted by Crippen LogP contribution is 2.60. The summed E-state index contributed by atoms with van der Waals surface area (Å²) < 4.78 is -0.588. The third-order valence-electron chi connectivity index (χ3n) is 2.77. The number of aliphatic hydroxyl groups excluding tert-OH is 1. The largest absolute Gasteiger partial charge is 0.393 e. The highest BCUT2D eigenvalue weighted by molar-refractivity contribution is 6.51. The Balaban J connectivity index is 2.23. The second kappa shape index (κ2) is 3.97. The summed E-state index contributed by atoms with van der Waals surface area (Å²) in [6.07, 6.45) is 1.15. The molecule has 3 heteroatoms. The van der Waals surface area contributed by atoms with Crippen molar-refractivity contribution < 1.29 is 5.11 Å². The van der Waals surface area contributed by atoms with E-state index in [0.29, 0.717) is 6.42 Å². The van der Waals surface area contributed by atoms with Gasteiger partial charge in [-0.25, -0.2) is 0 Å². The van der Waals surface area contributed by atoms with Gasteiger partial charge in [0.25, 0.3) is 0 Å². The van der Waals surface area contributed by atoms with Gasteiger partial charge in [-0.3, -0.25) is 0 Å². The predicted octanol–water partition coefficient (Wildman–Crippen LogP) is 3.27. The number of benzene rings is 1. The van der Waals surface area contributed by atoms with Gasteiger partial charge in [0.1, 0.15) is 4.33 Å². The van der Waals surface area contributed by atoms with Crippen LogP contribution in [0, 0.1) is 0 Å². The molecule has 0 saturated heterocycles. The first kappa shape index (κ1) is 11.3. The van der Waals surface area contributed by atoms with Crippen LogP contribution >= 0.6 is 23.2 Å². The zero-order chi connectivity index (χ0) is 11.1.